The van der Waals surface area contributed by atoms with E-state index in [0.29, 0.717) is 24.2 Å². The van der Waals surface area contributed by atoms with Gasteiger partial charge in [0, 0.05) is 13.0 Å². The van der Waals surface area contributed by atoms with Crippen LogP contribution in [0.2, 0.25) is 0 Å². The third kappa shape index (κ3) is 3.70. The van der Waals surface area contributed by atoms with E-state index in [-0.39, 0.29) is 0 Å². The van der Waals surface area contributed by atoms with E-state index in [2.05, 4.69) is 30.7 Å². The van der Waals surface area contributed by atoms with E-state index in [1.807, 2.05) is 6.92 Å². The van der Waals surface area contributed by atoms with Crippen molar-refractivity contribution < 1.29 is 9.53 Å². The fraction of sp³-hybridized carbons (Fsp3) is 0.706. The van der Waals surface area contributed by atoms with Crippen LogP contribution in [0.5, 0.6) is 0 Å². The van der Waals surface area contributed by atoms with Crippen molar-refractivity contribution in [2.45, 2.75) is 64.9 Å². The average Bonchev–Trinajstić information content (AvgIpc) is 2.92. The van der Waals surface area contributed by atoms with E-state index in [4.69, 9.17) is 4.74 Å². The summed E-state index contributed by atoms with van der Waals surface area (Å²) < 4.78 is 5.95. The second-order valence-corrected chi connectivity index (χ2v) is 7.43. The molecule has 0 saturated heterocycles. The normalized spacial score (nSPS) is 20.8. The molecule has 1 aromatic heterocycles. The fourth-order valence-corrected chi connectivity index (χ4v) is 3.73. The Morgan fingerprint density at radius 3 is 2.55 bits per heavy atom. The van der Waals surface area contributed by atoms with Gasteiger partial charge in [0.05, 0.1) is 0 Å². The van der Waals surface area contributed by atoms with Gasteiger partial charge in [-0.2, -0.15) is 11.3 Å². The van der Waals surface area contributed by atoms with Crippen LogP contribution in [-0.2, 0) is 16.0 Å². The smallest absolute Gasteiger partial charge is 0.164 e. The molecule has 0 N–H and O–H groups in total. The summed E-state index contributed by atoms with van der Waals surface area (Å²) in [5.41, 5.74) is 1.13. The molecule has 20 heavy (non-hydrogen) atoms. The first-order valence-electron chi connectivity index (χ1n) is 7.66. The van der Waals surface area contributed by atoms with E-state index in [9.17, 15) is 4.79 Å². The van der Waals surface area contributed by atoms with Crippen LogP contribution in [-0.4, -0.2) is 18.0 Å². The summed E-state index contributed by atoms with van der Waals surface area (Å²) in [6.45, 7) is 7.20. The minimum Gasteiger partial charge on any atom is -0.368 e. The van der Waals surface area contributed by atoms with Gasteiger partial charge in [0.1, 0.15) is 5.60 Å². The number of carbonyl (C=O) groups is 1. The van der Waals surface area contributed by atoms with E-state index in [1.165, 1.54) is 5.56 Å². The van der Waals surface area contributed by atoms with Gasteiger partial charge >= 0.3 is 0 Å². The Morgan fingerprint density at radius 2 is 2.00 bits per heavy atom. The molecule has 2 rings (SSSR count). The lowest BCUT2D eigenvalue weighted by Crippen LogP contribution is -2.46. The van der Waals surface area contributed by atoms with Crippen molar-refractivity contribution in [2.24, 2.45) is 5.41 Å². The molecule has 0 atom stereocenters. The molecule has 1 heterocycles. The second-order valence-electron chi connectivity index (χ2n) is 6.65. The molecular formula is C17H26O2S. The number of thiophene rings is 1. The molecule has 2 nitrogen and oxygen atoms in total. The van der Waals surface area contributed by atoms with E-state index in [1.54, 1.807) is 11.3 Å². The minimum absolute atomic E-state index is 0.307. The maximum Gasteiger partial charge on any atom is 0.164 e. The summed E-state index contributed by atoms with van der Waals surface area (Å²) in [6, 6.07) is 2.11. The SMILES string of the molecule is CCOC1(C(=O)CCc2ccsc2)CCC(C)(C)CC1. The lowest BCUT2D eigenvalue weighted by Gasteiger charge is -2.42. The van der Waals surface area contributed by atoms with Crippen LogP contribution in [0.3, 0.4) is 0 Å². The molecular weight excluding hydrogens is 268 g/mol. The molecule has 1 aliphatic rings. The molecule has 0 aliphatic heterocycles. The number of ketones is 1. The number of hydrogen-bond acceptors (Lipinski definition) is 3. The quantitative estimate of drug-likeness (QED) is 0.765. The molecule has 1 aromatic rings. The first kappa shape index (κ1) is 15.7. The van der Waals surface area contributed by atoms with Crippen molar-refractivity contribution in [3.05, 3.63) is 22.4 Å². The molecule has 0 aromatic carbocycles. The molecule has 0 bridgehead atoms. The van der Waals surface area contributed by atoms with Crippen molar-refractivity contribution in [3.63, 3.8) is 0 Å². The Hall–Kier alpha value is -0.670. The van der Waals surface area contributed by atoms with Gasteiger partial charge in [-0.3, -0.25) is 4.79 Å². The van der Waals surface area contributed by atoms with Crippen LogP contribution in [0, 0.1) is 5.41 Å². The van der Waals surface area contributed by atoms with Crippen molar-refractivity contribution in [1.82, 2.24) is 0 Å². The summed E-state index contributed by atoms with van der Waals surface area (Å²) in [6.07, 6.45) is 5.39. The third-order valence-corrected chi connectivity index (χ3v) is 5.29. The first-order valence-corrected chi connectivity index (χ1v) is 8.60. The van der Waals surface area contributed by atoms with Crippen molar-refractivity contribution in [2.75, 3.05) is 6.61 Å². The Kier molecular flexibility index (Phi) is 5.03. The van der Waals surface area contributed by atoms with Gasteiger partial charge in [0.25, 0.3) is 0 Å². The van der Waals surface area contributed by atoms with E-state index in [0.717, 1.165) is 32.1 Å². The monoisotopic (exact) mass is 294 g/mol. The van der Waals surface area contributed by atoms with Gasteiger partial charge < -0.3 is 4.74 Å². The zero-order valence-corrected chi connectivity index (χ0v) is 13.7. The topological polar surface area (TPSA) is 26.3 Å². The Labute approximate surface area is 126 Å². The molecule has 0 amide bonds. The van der Waals surface area contributed by atoms with Crippen LogP contribution in [0.15, 0.2) is 16.8 Å². The van der Waals surface area contributed by atoms with Gasteiger partial charge in [-0.25, -0.2) is 0 Å². The largest absolute Gasteiger partial charge is 0.368 e. The van der Waals surface area contributed by atoms with Crippen LogP contribution >= 0.6 is 11.3 Å². The zero-order valence-electron chi connectivity index (χ0n) is 12.9. The number of rotatable bonds is 6. The van der Waals surface area contributed by atoms with Gasteiger partial charge in [-0.1, -0.05) is 13.8 Å². The highest BCUT2D eigenvalue weighted by molar-refractivity contribution is 7.07. The van der Waals surface area contributed by atoms with Gasteiger partial charge in [0.15, 0.2) is 5.78 Å². The molecule has 1 aliphatic carbocycles. The molecule has 0 unspecified atom stereocenters. The Bertz CT molecular complexity index is 424. The molecule has 0 spiro atoms. The summed E-state index contributed by atoms with van der Waals surface area (Å²) in [5.74, 6) is 0.307. The number of Topliss-reactive ketones (excluding diaryl/α,β-unsaturated/α-hetero) is 1. The molecule has 1 saturated carbocycles. The highest BCUT2D eigenvalue weighted by Gasteiger charge is 2.43. The van der Waals surface area contributed by atoms with Crippen molar-refractivity contribution in [3.8, 4) is 0 Å². The summed E-state index contributed by atoms with van der Waals surface area (Å²) in [4.78, 5) is 12.7. The Morgan fingerprint density at radius 1 is 1.30 bits per heavy atom. The molecule has 112 valence electrons. The van der Waals surface area contributed by atoms with Gasteiger partial charge in [-0.05, 0) is 66.8 Å². The number of carbonyl (C=O) groups excluding carboxylic acids is 1. The van der Waals surface area contributed by atoms with Gasteiger partial charge in [0.2, 0.25) is 0 Å². The van der Waals surface area contributed by atoms with Gasteiger partial charge in [-0.15, -0.1) is 0 Å². The lowest BCUT2D eigenvalue weighted by molar-refractivity contribution is -0.152. The standard InChI is InChI=1S/C17H26O2S/c1-4-19-17(10-8-16(2,3)9-11-17)15(18)6-5-14-7-12-20-13-14/h7,12-13H,4-6,8-11H2,1-3H3. The molecule has 3 heteroatoms. The predicted octanol–water partition coefficient (Wildman–Crippen LogP) is 4.63. The summed E-state index contributed by atoms with van der Waals surface area (Å²) >= 11 is 1.69. The summed E-state index contributed by atoms with van der Waals surface area (Å²) in [7, 11) is 0. The molecule has 1 fully saturated rings. The van der Waals surface area contributed by atoms with E-state index < -0.39 is 5.60 Å². The van der Waals surface area contributed by atoms with E-state index >= 15 is 0 Å². The van der Waals surface area contributed by atoms with Crippen molar-refractivity contribution >= 4 is 17.1 Å². The minimum atomic E-state index is -0.500. The highest BCUT2D eigenvalue weighted by atomic mass is 32.1. The number of aryl methyl sites for hydroxylation is 1. The average molecular weight is 294 g/mol. The maximum absolute atomic E-state index is 12.7. The highest BCUT2D eigenvalue weighted by Crippen LogP contribution is 2.43. The Balaban J connectivity index is 1.98. The summed E-state index contributed by atoms with van der Waals surface area (Å²) in [5, 5.41) is 4.20. The van der Waals surface area contributed by atoms with Crippen LogP contribution in [0.1, 0.15) is 58.4 Å². The first-order chi connectivity index (χ1) is 9.47. The number of ether oxygens (including phenoxy) is 1. The number of hydrogen-bond donors (Lipinski definition) is 0. The second kappa shape index (κ2) is 6.40. The van der Waals surface area contributed by atoms with Crippen molar-refractivity contribution in [1.29, 1.82) is 0 Å². The van der Waals surface area contributed by atoms with Crippen LogP contribution in [0.25, 0.3) is 0 Å². The lowest BCUT2D eigenvalue weighted by atomic mass is 9.69. The van der Waals surface area contributed by atoms with Crippen LogP contribution in [0.4, 0.5) is 0 Å². The predicted molar refractivity (Wildman–Crippen MR) is 84.3 cm³/mol. The molecule has 0 radical (unpaired) electrons. The van der Waals surface area contributed by atoms with Crippen LogP contribution < -0.4 is 0 Å². The fourth-order valence-electron chi connectivity index (χ4n) is 3.03. The third-order valence-electron chi connectivity index (χ3n) is 4.56. The maximum atomic E-state index is 12.7. The zero-order chi connectivity index (χ0) is 14.6.